The summed E-state index contributed by atoms with van der Waals surface area (Å²) in [5.41, 5.74) is 2.27. The van der Waals surface area contributed by atoms with Gasteiger partial charge in [-0.15, -0.1) is 0 Å². The molecule has 1 amide bonds. The van der Waals surface area contributed by atoms with Crippen molar-refractivity contribution in [3.8, 4) is 0 Å². The highest BCUT2D eigenvalue weighted by Gasteiger charge is 2.42. The molecule has 2 aliphatic rings. The fourth-order valence-electron chi connectivity index (χ4n) is 3.52. The number of piperidine rings is 1. The molecule has 1 saturated heterocycles. The van der Waals surface area contributed by atoms with Crippen LogP contribution in [0.3, 0.4) is 0 Å². The van der Waals surface area contributed by atoms with E-state index in [9.17, 15) is 4.79 Å². The lowest BCUT2D eigenvalue weighted by Crippen LogP contribution is -2.55. The molecule has 116 valence electrons. The van der Waals surface area contributed by atoms with Crippen LogP contribution in [-0.4, -0.2) is 40.4 Å². The van der Waals surface area contributed by atoms with Gasteiger partial charge in [-0.1, -0.05) is 0 Å². The first kappa shape index (κ1) is 14.0. The zero-order valence-corrected chi connectivity index (χ0v) is 13.6. The number of rotatable bonds is 1. The van der Waals surface area contributed by atoms with Crippen molar-refractivity contribution in [3.63, 3.8) is 0 Å². The zero-order chi connectivity index (χ0) is 15.2. The quantitative estimate of drug-likeness (QED) is 0.811. The Balaban J connectivity index is 1.51. The van der Waals surface area contributed by atoms with Crippen molar-refractivity contribution < 1.29 is 9.21 Å². The lowest BCUT2D eigenvalue weighted by Gasteiger charge is -2.43. The predicted molar refractivity (Wildman–Crippen MR) is 83.5 cm³/mol. The largest absolute Gasteiger partial charge is 0.444 e. The van der Waals surface area contributed by atoms with Crippen LogP contribution in [0, 0.1) is 0 Å². The number of amides is 1. The second kappa shape index (κ2) is 5.24. The monoisotopic (exact) mass is 364 g/mol. The number of carbonyl (C=O) groups excluding carboxylic acids is 1. The molecule has 0 radical (unpaired) electrons. The molecule has 0 aliphatic carbocycles. The van der Waals surface area contributed by atoms with Crippen LogP contribution in [0.4, 0.5) is 0 Å². The highest BCUT2D eigenvalue weighted by Crippen LogP contribution is 2.36. The van der Waals surface area contributed by atoms with E-state index < -0.39 is 0 Å². The SMILES string of the molecule is O=C(c1ccc(Br)o1)N1CCC2(CC1)NCCc1[nH]cnc12. The number of likely N-dealkylation sites (tertiary alicyclic amines) is 1. The maximum absolute atomic E-state index is 12.4. The number of nitrogens with one attached hydrogen (secondary N) is 2. The fourth-order valence-corrected chi connectivity index (χ4v) is 3.83. The van der Waals surface area contributed by atoms with Gasteiger partial charge >= 0.3 is 0 Å². The molecule has 2 aromatic rings. The first-order valence-electron chi connectivity index (χ1n) is 7.50. The average Bonchev–Trinajstić information content (AvgIpc) is 3.17. The van der Waals surface area contributed by atoms with Crippen LogP contribution in [0.2, 0.25) is 0 Å². The smallest absolute Gasteiger partial charge is 0.289 e. The van der Waals surface area contributed by atoms with Crippen LogP contribution < -0.4 is 5.32 Å². The molecule has 4 rings (SSSR count). The number of aromatic amines is 1. The molecule has 7 heteroatoms. The number of fused-ring (bicyclic) bond motifs is 2. The summed E-state index contributed by atoms with van der Waals surface area (Å²) in [4.78, 5) is 22.1. The molecule has 0 atom stereocenters. The zero-order valence-electron chi connectivity index (χ0n) is 12.1. The molecular weight excluding hydrogens is 348 g/mol. The first-order chi connectivity index (χ1) is 10.7. The van der Waals surface area contributed by atoms with Crippen molar-refractivity contribution in [2.75, 3.05) is 19.6 Å². The van der Waals surface area contributed by atoms with Crippen molar-refractivity contribution in [1.82, 2.24) is 20.2 Å². The number of aromatic nitrogens is 2. The number of furan rings is 1. The van der Waals surface area contributed by atoms with Crippen LogP contribution in [0.15, 0.2) is 27.5 Å². The van der Waals surface area contributed by atoms with E-state index in [-0.39, 0.29) is 11.4 Å². The summed E-state index contributed by atoms with van der Waals surface area (Å²) in [5, 5.41) is 3.63. The van der Waals surface area contributed by atoms with Crippen LogP contribution in [-0.2, 0) is 12.0 Å². The van der Waals surface area contributed by atoms with Gasteiger partial charge in [0.25, 0.3) is 5.91 Å². The van der Waals surface area contributed by atoms with Gasteiger partial charge < -0.3 is 19.6 Å². The first-order valence-corrected chi connectivity index (χ1v) is 8.30. The van der Waals surface area contributed by atoms with E-state index in [1.165, 1.54) is 5.69 Å². The maximum Gasteiger partial charge on any atom is 0.289 e. The van der Waals surface area contributed by atoms with Crippen molar-refractivity contribution in [2.24, 2.45) is 0 Å². The molecule has 0 aromatic carbocycles. The summed E-state index contributed by atoms with van der Waals surface area (Å²) in [6.45, 7) is 2.36. The molecule has 1 fully saturated rings. The Kier molecular flexibility index (Phi) is 3.34. The highest BCUT2D eigenvalue weighted by molar-refractivity contribution is 9.10. The minimum absolute atomic E-state index is 0.0430. The van der Waals surface area contributed by atoms with Gasteiger partial charge in [0.2, 0.25) is 0 Å². The van der Waals surface area contributed by atoms with Crippen molar-refractivity contribution in [2.45, 2.75) is 24.8 Å². The summed E-state index contributed by atoms with van der Waals surface area (Å²) >= 11 is 3.24. The number of hydrogen-bond donors (Lipinski definition) is 2. The molecule has 22 heavy (non-hydrogen) atoms. The van der Waals surface area contributed by atoms with Gasteiger partial charge in [-0.25, -0.2) is 4.98 Å². The number of H-pyrrole nitrogens is 1. The topological polar surface area (TPSA) is 74.2 Å². The third-order valence-electron chi connectivity index (χ3n) is 4.70. The summed E-state index contributed by atoms with van der Waals surface area (Å²) in [7, 11) is 0. The van der Waals surface area contributed by atoms with Crippen molar-refractivity contribution >= 4 is 21.8 Å². The van der Waals surface area contributed by atoms with Crippen molar-refractivity contribution in [3.05, 3.63) is 40.3 Å². The Bertz CT molecular complexity index is 700. The van der Waals surface area contributed by atoms with E-state index in [1.807, 2.05) is 4.90 Å². The van der Waals surface area contributed by atoms with E-state index in [2.05, 4.69) is 31.2 Å². The van der Waals surface area contributed by atoms with Gasteiger partial charge in [0.05, 0.1) is 17.6 Å². The Morgan fingerprint density at radius 1 is 1.36 bits per heavy atom. The van der Waals surface area contributed by atoms with Gasteiger partial charge in [0.15, 0.2) is 10.4 Å². The van der Waals surface area contributed by atoms with E-state index in [0.29, 0.717) is 23.5 Å². The maximum atomic E-state index is 12.4. The molecular formula is C15H17BrN4O2. The van der Waals surface area contributed by atoms with Crippen LogP contribution in [0.5, 0.6) is 0 Å². The third kappa shape index (κ3) is 2.19. The molecule has 6 nitrogen and oxygen atoms in total. The second-order valence-electron chi connectivity index (χ2n) is 5.88. The molecule has 0 bridgehead atoms. The van der Waals surface area contributed by atoms with Gasteiger partial charge in [-0.05, 0) is 40.9 Å². The van der Waals surface area contributed by atoms with E-state index >= 15 is 0 Å². The van der Waals surface area contributed by atoms with Crippen LogP contribution >= 0.6 is 15.9 Å². The van der Waals surface area contributed by atoms with Crippen LogP contribution in [0.25, 0.3) is 0 Å². The van der Waals surface area contributed by atoms with Crippen molar-refractivity contribution in [1.29, 1.82) is 0 Å². The summed E-state index contributed by atoms with van der Waals surface area (Å²) < 4.78 is 5.95. The molecule has 4 heterocycles. The van der Waals surface area contributed by atoms with Gasteiger partial charge in [0.1, 0.15) is 0 Å². The Morgan fingerprint density at radius 3 is 2.91 bits per heavy atom. The lowest BCUT2D eigenvalue weighted by molar-refractivity contribution is 0.0594. The molecule has 2 N–H and O–H groups in total. The number of imidazole rings is 1. The fraction of sp³-hybridized carbons (Fsp3) is 0.467. The summed E-state index contributed by atoms with van der Waals surface area (Å²) in [6.07, 6.45) is 4.51. The number of halogens is 1. The van der Waals surface area contributed by atoms with Gasteiger partial charge in [-0.2, -0.15) is 0 Å². The molecule has 0 saturated carbocycles. The number of hydrogen-bond acceptors (Lipinski definition) is 4. The van der Waals surface area contributed by atoms with E-state index in [1.54, 1.807) is 18.5 Å². The Hall–Kier alpha value is -1.60. The third-order valence-corrected chi connectivity index (χ3v) is 5.12. The summed E-state index contributed by atoms with van der Waals surface area (Å²) in [6, 6.07) is 3.46. The summed E-state index contributed by atoms with van der Waals surface area (Å²) in [5.74, 6) is 0.346. The highest BCUT2D eigenvalue weighted by atomic mass is 79.9. The molecule has 0 unspecified atom stereocenters. The van der Waals surface area contributed by atoms with E-state index in [0.717, 1.165) is 31.5 Å². The normalized spacial score (nSPS) is 20.1. The Labute approximate surface area is 136 Å². The number of carbonyl (C=O) groups is 1. The standard InChI is InChI=1S/C15H17BrN4O2/c16-12-2-1-11(22-12)14(21)20-7-4-15(5-8-20)13-10(3-6-19-15)17-9-18-13/h1-2,9,19H,3-8H2,(H,17,18). The van der Waals surface area contributed by atoms with Gasteiger partial charge in [-0.3, -0.25) is 4.79 Å². The molecule has 2 aliphatic heterocycles. The van der Waals surface area contributed by atoms with Crippen LogP contribution in [0.1, 0.15) is 34.8 Å². The average molecular weight is 365 g/mol. The minimum Gasteiger partial charge on any atom is -0.444 e. The van der Waals surface area contributed by atoms with Gasteiger partial charge in [0, 0.05) is 31.7 Å². The number of nitrogens with zero attached hydrogens (tertiary/aromatic N) is 2. The Morgan fingerprint density at radius 2 is 2.18 bits per heavy atom. The lowest BCUT2D eigenvalue weighted by atomic mass is 9.80. The minimum atomic E-state index is -0.0892. The molecule has 2 aromatic heterocycles. The molecule has 1 spiro atoms. The van der Waals surface area contributed by atoms with E-state index in [4.69, 9.17) is 4.42 Å². The second-order valence-corrected chi connectivity index (χ2v) is 6.67. The predicted octanol–water partition coefficient (Wildman–Crippen LogP) is 2.04.